The quantitative estimate of drug-likeness (QED) is 0.826. The van der Waals surface area contributed by atoms with Crippen molar-refractivity contribution in [2.45, 2.75) is 44.9 Å². The van der Waals surface area contributed by atoms with Gasteiger partial charge in [-0.05, 0) is 68.3 Å². The van der Waals surface area contributed by atoms with Gasteiger partial charge in [0.15, 0.2) is 5.82 Å². The van der Waals surface area contributed by atoms with Crippen LogP contribution in [0.25, 0.3) is 11.3 Å². The second-order valence-corrected chi connectivity index (χ2v) is 7.29. The van der Waals surface area contributed by atoms with E-state index >= 15 is 0 Å². The van der Waals surface area contributed by atoms with E-state index in [1.807, 2.05) is 18.3 Å². The second kappa shape index (κ2) is 8.09. The van der Waals surface area contributed by atoms with E-state index in [0.717, 1.165) is 43.9 Å². The standard InChI is InChI=1S/C22H27N3O2/c1-2-12-27-20-9-3-8-19(26)21(20)18-13-17(15-6-4-10-23-14-15)16-7-5-11-24-22(16)25-18/h3,8-9,11,13,15,23,26H,2,4-7,10,12,14H2,1H3. The molecule has 1 atom stereocenters. The lowest BCUT2D eigenvalue weighted by molar-refractivity contribution is 0.317. The van der Waals surface area contributed by atoms with E-state index in [4.69, 9.17) is 9.72 Å². The lowest BCUT2D eigenvalue weighted by atomic mass is 9.86. The molecule has 0 bridgehead atoms. The molecule has 0 spiro atoms. The van der Waals surface area contributed by atoms with Crippen molar-refractivity contribution in [3.63, 3.8) is 0 Å². The number of ether oxygens (including phenoxy) is 1. The van der Waals surface area contributed by atoms with Gasteiger partial charge in [0.05, 0.1) is 17.9 Å². The second-order valence-electron chi connectivity index (χ2n) is 7.29. The van der Waals surface area contributed by atoms with Gasteiger partial charge in [0, 0.05) is 18.3 Å². The van der Waals surface area contributed by atoms with Crippen LogP contribution in [0, 0.1) is 0 Å². The van der Waals surface area contributed by atoms with Crippen LogP contribution in [0.1, 0.15) is 49.7 Å². The highest BCUT2D eigenvalue weighted by molar-refractivity contribution is 5.77. The molecule has 0 radical (unpaired) electrons. The van der Waals surface area contributed by atoms with Gasteiger partial charge >= 0.3 is 0 Å². The Morgan fingerprint density at radius 2 is 2.26 bits per heavy atom. The highest BCUT2D eigenvalue weighted by Gasteiger charge is 2.25. The third-order valence-corrected chi connectivity index (χ3v) is 5.33. The third kappa shape index (κ3) is 3.69. The first-order valence-corrected chi connectivity index (χ1v) is 10.00. The van der Waals surface area contributed by atoms with Gasteiger partial charge in [0.1, 0.15) is 11.5 Å². The molecule has 1 unspecified atom stereocenters. The van der Waals surface area contributed by atoms with Crippen LogP contribution in [0.4, 0.5) is 5.82 Å². The molecule has 5 nitrogen and oxygen atoms in total. The molecule has 2 aromatic rings. The Morgan fingerprint density at radius 1 is 1.33 bits per heavy atom. The predicted octanol–water partition coefficient (Wildman–Crippen LogP) is 4.36. The van der Waals surface area contributed by atoms with Crippen LogP contribution in [-0.2, 0) is 6.42 Å². The van der Waals surface area contributed by atoms with Crippen molar-refractivity contribution in [3.8, 4) is 22.8 Å². The highest BCUT2D eigenvalue weighted by atomic mass is 16.5. The number of nitrogens with zero attached hydrogens (tertiary/aromatic N) is 2. The van der Waals surface area contributed by atoms with Crippen molar-refractivity contribution < 1.29 is 9.84 Å². The van der Waals surface area contributed by atoms with Crippen LogP contribution < -0.4 is 10.1 Å². The SMILES string of the molecule is CCCOc1cccc(O)c1-c1cc(C2CCCNC2)c2c(n1)N=CCC2. The van der Waals surface area contributed by atoms with Gasteiger partial charge in [-0.25, -0.2) is 9.98 Å². The van der Waals surface area contributed by atoms with Gasteiger partial charge in [-0.1, -0.05) is 13.0 Å². The number of fused-ring (bicyclic) bond motifs is 1. The monoisotopic (exact) mass is 365 g/mol. The first-order valence-electron chi connectivity index (χ1n) is 10.00. The van der Waals surface area contributed by atoms with Crippen LogP contribution in [0.5, 0.6) is 11.5 Å². The molecule has 142 valence electrons. The largest absolute Gasteiger partial charge is 0.507 e. The van der Waals surface area contributed by atoms with Gasteiger partial charge < -0.3 is 15.2 Å². The third-order valence-electron chi connectivity index (χ3n) is 5.33. The first-order chi connectivity index (χ1) is 13.3. The van der Waals surface area contributed by atoms with Crippen LogP contribution in [-0.4, -0.2) is 36.0 Å². The van der Waals surface area contributed by atoms with E-state index in [0.29, 0.717) is 23.8 Å². The van der Waals surface area contributed by atoms with Gasteiger partial charge in [-0.3, -0.25) is 0 Å². The van der Waals surface area contributed by atoms with E-state index in [9.17, 15) is 5.11 Å². The lowest BCUT2D eigenvalue weighted by Crippen LogP contribution is -2.29. The maximum Gasteiger partial charge on any atom is 0.155 e. The van der Waals surface area contributed by atoms with Crippen molar-refractivity contribution in [3.05, 3.63) is 35.4 Å². The van der Waals surface area contributed by atoms with Gasteiger partial charge in [0.2, 0.25) is 0 Å². The summed E-state index contributed by atoms with van der Waals surface area (Å²) < 4.78 is 5.90. The Kier molecular flexibility index (Phi) is 5.39. The number of nitrogens with one attached hydrogen (secondary N) is 1. The minimum Gasteiger partial charge on any atom is -0.507 e. The fraction of sp³-hybridized carbons (Fsp3) is 0.455. The predicted molar refractivity (Wildman–Crippen MR) is 108 cm³/mol. The summed E-state index contributed by atoms with van der Waals surface area (Å²) in [5.41, 5.74) is 4.00. The molecule has 0 saturated carbocycles. The molecule has 1 fully saturated rings. The van der Waals surface area contributed by atoms with E-state index in [-0.39, 0.29) is 5.75 Å². The number of aromatic hydroxyl groups is 1. The van der Waals surface area contributed by atoms with E-state index in [2.05, 4.69) is 23.3 Å². The molecule has 1 saturated heterocycles. The van der Waals surface area contributed by atoms with Crippen molar-refractivity contribution in [2.75, 3.05) is 19.7 Å². The van der Waals surface area contributed by atoms with Crippen molar-refractivity contribution >= 4 is 12.0 Å². The summed E-state index contributed by atoms with van der Waals surface area (Å²) in [6.07, 6.45) is 7.16. The lowest BCUT2D eigenvalue weighted by Gasteiger charge is -2.27. The summed E-state index contributed by atoms with van der Waals surface area (Å²) >= 11 is 0. The summed E-state index contributed by atoms with van der Waals surface area (Å²) in [5, 5.41) is 14.1. The Balaban J connectivity index is 1.84. The molecule has 27 heavy (non-hydrogen) atoms. The number of phenols is 1. The fourth-order valence-electron chi connectivity index (χ4n) is 4.02. The molecule has 0 aliphatic carbocycles. The Bertz CT molecular complexity index is 842. The summed E-state index contributed by atoms with van der Waals surface area (Å²) in [4.78, 5) is 9.39. The topological polar surface area (TPSA) is 66.7 Å². The molecule has 2 N–H and O–H groups in total. The minimum atomic E-state index is 0.198. The van der Waals surface area contributed by atoms with E-state index in [1.54, 1.807) is 6.07 Å². The summed E-state index contributed by atoms with van der Waals surface area (Å²) in [6, 6.07) is 7.56. The zero-order chi connectivity index (χ0) is 18.6. The van der Waals surface area contributed by atoms with E-state index < -0.39 is 0 Å². The zero-order valence-electron chi connectivity index (χ0n) is 15.9. The molecular formula is C22H27N3O2. The molecule has 0 amide bonds. The Labute approximate surface area is 160 Å². The number of rotatable bonds is 5. The summed E-state index contributed by atoms with van der Waals surface area (Å²) in [6.45, 7) is 4.75. The average molecular weight is 365 g/mol. The van der Waals surface area contributed by atoms with Gasteiger partial charge in [-0.15, -0.1) is 0 Å². The Hall–Kier alpha value is -2.40. The average Bonchev–Trinajstić information content (AvgIpc) is 2.72. The normalized spacial score (nSPS) is 18.9. The molecular weight excluding hydrogens is 338 g/mol. The summed E-state index contributed by atoms with van der Waals surface area (Å²) in [7, 11) is 0. The smallest absolute Gasteiger partial charge is 0.155 e. The maximum atomic E-state index is 10.6. The molecule has 4 rings (SSSR count). The van der Waals surface area contributed by atoms with Crippen molar-refractivity contribution in [2.24, 2.45) is 4.99 Å². The van der Waals surface area contributed by atoms with Crippen LogP contribution in [0.2, 0.25) is 0 Å². The molecule has 3 heterocycles. The molecule has 1 aromatic heterocycles. The number of benzene rings is 1. The number of piperidine rings is 1. The first kappa shape index (κ1) is 18.0. The van der Waals surface area contributed by atoms with Gasteiger partial charge in [0.25, 0.3) is 0 Å². The minimum absolute atomic E-state index is 0.198. The van der Waals surface area contributed by atoms with E-state index in [1.165, 1.54) is 24.0 Å². The number of phenolic OH excluding ortho intramolecular Hbond substituents is 1. The molecule has 2 aliphatic rings. The van der Waals surface area contributed by atoms with Gasteiger partial charge in [-0.2, -0.15) is 0 Å². The zero-order valence-corrected chi connectivity index (χ0v) is 15.9. The van der Waals surface area contributed by atoms with Crippen molar-refractivity contribution in [1.29, 1.82) is 0 Å². The van der Waals surface area contributed by atoms with Crippen LogP contribution in [0.15, 0.2) is 29.3 Å². The van der Waals surface area contributed by atoms with Crippen LogP contribution >= 0.6 is 0 Å². The van der Waals surface area contributed by atoms with Crippen LogP contribution in [0.3, 0.4) is 0 Å². The fourth-order valence-corrected chi connectivity index (χ4v) is 4.02. The molecule has 2 aliphatic heterocycles. The number of aliphatic imine (C=N–C) groups is 1. The number of aromatic nitrogens is 1. The maximum absolute atomic E-state index is 10.6. The number of hydrogen-bond acceptors (Lipinski definition) is 5. The number of pyridine rings is 1. The van der Waals surface area contributed by atoms with Crippen molar-refractivity contribution in [1.82, 2.24) is 10.3 Å². The highest BCUT2D eigenvalue weighted by Crippen LogP contribution is 2.41. The molecule has 5 heteroatoms. The summed E-state index contributed by atoms with van der Waals surface area (Å²) in [5.74, 6) is 2.14. The Morgan fingerprint density at radius 3 is 3.07 bits per heavy atom. The molecule has 1 aromatic carbocycles. The number of hydrogen-bond donors (Lipinski definition) is 2.